The number of thioether (sulfide) groups is 1. The van der Waals surface area contributed by atoms with Crippen LogP contribution in [0.5, 0.6) is 0 Å². The lowest BCUT2D eigenvalue weighted by Crippen LogP contribution is -1.93. The standard InChI is InChI=1S/C17H17NS2/c18-9-2-5-14-8-10-19-17(14)12-20-16-7-6-13-3-1-4-15(13)11-16/h6-8,10-11H,1,3-4,9,12,18H2. The SMILES string of the molecule is NCC#Cc1ccsc1CSc1ccc2c(c1)CCC2. The molecule has 0 unspecified atom stereocenters. The van der Waals surface area contributed by atoms with Gasteiger partial charge in [-0.3, -0.25) is 0 Å². The third-order valence-electron chi connectivity index (χ3n) is 3.51. The molecule has 1 heterocycles. The zero-order chi connectivity index (χ0) is 13.8. The lowest BCUT2D eigenvalue weighted by molar-refractivity contribution is 0.911. The highest BCUT2D eigenvalue weighted by atomic mass is 32.2. The molecular formula is C17H17NS2. The van der Waals surface area contributed by atoms with Crippen LogP contribution in [0.1, 0.15) is 28.0 Å². The van der Waals surface area contributed by atoms with E-state index in [9.17, 15) is 0 Å². The topological polar surface area (TPSA) is 26.0 Å². The molecule has 0 bridgehead atoms. The van der Waals surface area contributed by atoms with E-state index in [1.165, 1.54) is 29.0 Å². The first-order valence-corrected chi connectivity index (χ1v) is 8.73. The zero-order valence-electron chi connectivity index (χ0n) is 11.3. The highest BCUT2D eigenvalue weighted by molar-refractivity contribution is 7.98. The van der Waals surface area contributed by atoms with Gasteiger partial charge in [0, 0.05) is 21.1 Å². The molecule has 0 aliphatic heterocycles. The summed E-state index contributed by atoms with van der Waals surface area (Å²) in [5.41, 5.74) is 9.66. The van der Waals surface area contributed by atoms with Gasteiger partial charge in [-0.2, -0.15) is 0 Å². The van der Waals surface area contributed by atoms with Crippen LogP contribution in [0.4, 0.5) is 0 Å². The first-order valence-electron chi connectivity index (χ1n) is 6.87. The minimum absolute atomic E-state index is 0.424. The zero-order valence-corrected chi connectivity index (χ0v) is 12.9. The van der Waals surface area contributed by atoms with Crippen LogP contribution < -0.4 is 5.73 Å². The molecule has 1 nitrogen and oxygen atoms in total. The number of benzene rings is 1. The van der Waals surface area contributed by atoms with Crippen LogP contribution in [0.3, 0.4) is 0 Å². The minimum atomic E-state index is 0.424. The maximum absolute atomic E-state index is 5.44. The van der Waals surface area contributed by atoms with Crippen LogP contribution in [0.15, 0.2) is 34.5 Å². The fraction of sp³-hybridized carbons (Fsp3) is 0.294. The van der Waals surface area contributed by atoms with E-state index < -0.39 is 0 Å². The molecule has 1 aromatic heterocycles. The lowest BCUT2D eigenvalue weighted by atomic mass is 10.1. The Hall–Kier alpha value is -1.21. The Balaban J connectivity index is 1.69. The van der Waals surface area contributed by atoms with Crippen molar-refractivity contribution in [1.29, 1.82) is 0 Å². The van der Waals surface area contributed by atoms with E-state index in [-0.39, 0.29) is 0 Å². The van der Waals surface area contributed by atoms with E-state index in [1.807, 2.05) is 11.8 Å². The summed E-state index contributed by atoms with van der Waals surface area (Å²) < 4.78 is 0. The highest BCUT2D eigenvalue weighted by Gasteiger charge is 2.11. The summed E-state index contributed by atoms with van der Waals surface area (Å²) >= 11 is 3.68. The van der Waals surface area contributed by atoms with Gasteiger partial charge < -0.3 is 5.73 Å². The normalized spacial score (nSPS) is 12.8. The summed E-state index contributed by atoms with van der Waals surface area (Å²) in [7, 11) is 0. The molecule has 20 heavy (non-hydrogen) atoms. The molecule has 3 rings (SSSR count). The Bertz CT molecular complexity index is 661. The molecule has 1 aliphatic carbocycles. The predicted octanol–water partition coefficient (Wildman–Crippen LogP) is 3.84. The van der Waals surface area contributed by atoms with Crippen molar-refractivity contribution in [2.45, 2.75) is 29.9 Å². The van der Waals surface area contributed by atoms with Gasteiger partial charge in [0.25, 0.3) is 0 Å². The smallest absolute Gasteiger partial charge is 0.0555 e. The number of thiophene rings is 1. The van der Waals surface area contributed by atoms with Gasteiger partial charge in [0.2, 0.25) is 0 Å². The van der Waals surface area contributed by atoms with Gasteiger partial charge in [0.05, 0.1) is 6.54 Å². The number of hydrogen-bond acceptors (Lipinski definition) is 3. The van der Waals surface area contributed by atoms with E-state index in [1.54, 1.807) is 22.5 Å². The monoisotopic (exact) mass is 299 g/mol. The molecule has 0 radical (unpaired) electrons. The second-order valence-electron chi connectivity index (χ2n) is 4.84. The van der Waals surface area contributed by atoms with Crippen LogP contribution in [0.25, 0.3) is 0 Å². The highest BCUT2D eigenvalue weighted by Crippen LogP contribution is 2.31. The van der Waals surface area contributed by atoms with Gasteiger partial charge in [0.15, 0.2) is 0 Å². The van der Waals surface area contributed by atoms with Crippen LogP contribution in [-0.4, -0.2) is 6.54 Å². The summed E-state index contributed by atoms with van der Waals surface area (Å²) in [6.07, 6.45) is 3.81. The summed E-state index contributed by atoms with van der Waals surface area (Å²) in [5.74, 6) is 7.08. The molecule has 0 saturated heterocycles. The third kappa shape index (κ3) is 3.09. The first-order chi connectivity index (χ1) is 9.86. The van der Waals surface area contributed by atoms with Gasteiger partial charge >= 0.3 is 0 Å². The van der Waals surface area contributed by atoms with E-state index in [0.717, 1.165) is 11.3 Å². The van der Waals surface area contributed by atoms with Crippen molar-refractivity contribution in [3.05, 3.63) is 51.2 Å². The van der Waals surface area contributed by atoms with Gasteiger partial charge in [-0.1, -0.05) is 17.9 Å². The molecule has 0 fully saturated rings. The van der Waals surface area contributed by atoms with Crippen molar-refractivity contribution >= 4 is 23.1 Å². The predicted molar refractivity (Wildman–Crippen MR) is 88.3 cm³/mol. The van der Waals surface area contributed by atoms with Crippen molar-refractivity contribution in [1.82, 2.24) is 0 Å². The molecule has 0 atom stereocenters. The molecular weight excluding hydrogens is 282 g/mol. The summed E-state index contributed by atoms with van der Waals surface area (Å²) in [6.45, 7) is 0.424. The Morgan fingerprint density at radius 2 is 2.10 bits per heavy atom. The molecule has 0 amide bonds. The lowest BCUT2D eigenvalue weighted by Gasteiger charge is -2.04. The van der Waals surface area contributed by atoms with Crippen LogP contribution in [0.2, 0.25) is 0 Å². The molecule has 1 aromatic carbocycles. The second-order valence-corrected chi connectivity index (χ2v) is 6.89. The summed E-state index contributed by atoms with van der Waals surface area (Å²) in [5, 5.41) is 2.11. The minimum Gasteiger partial charge on any atom is -0.320 e. The molecule has 1 aliphatic rings. The molecule has 0 spiro atoms. The number of aryl methyl sites for hydroxylation is 2. The maximum atomic E-state index is 5.44. The van der Waals surface area contributed by atoms with Gasteiger partial charge in [0.1, 0.15) is 0 Å². The number of rotatable bonds is 3. The van der Waals surface area contributed by atoms with Crippen molar-refractivity contribution in [2.75, 3.05) is 6.54 Å². The van der Waals surface area contributed by atoms with E-state index in [4.69, 9.17) is 5.73 Å². The average Bonchev–Trinajstić information content (AvgIpc) is 3.11. The Morgan fingerprint density at radius 1 is 1.20 bits per heavy atom. The van der Waals surface area contributed by atoms with E-state index in [2.05, 4.69) is 41.5 Å². The third-order valence-corrected chi connectivity index (χ3v) is 5.63. The summed E-state index contributed by atoms with van der Waals surface area (Å²) in [4.78, 5) is 2.72. The van der Waals surface area contributed by atoms with Crippen LogP contribution >= 0.6 is 23.1 Å². The fourth-order valence-corrected chi connectivity index (χ4v) is 4.40. The van der Waals surface area contributed by atoms with Crippen molar-refractivity contribution < 1.29 is 0 Å². The molecule has 2 aromatic rings. The number of fused-ring (bicyclic) bond motifs is 1. The van der Waals surface area contributed by atoms with Crippen molar-refractivity contribution in [2.24, 2.45) is 5.73 Å². The Labute approximate surface area is 128 Å². The van der Waals surface area contributed by atoms with E-state index >= 15 is 0 Å². The largest absolute Gasteiger partial charge is 0.320 e. The van der Waals surface area contributed by atoms with Crippen molar-refractivity contribution in [3.63, 3.8) is 0 Å². The van der Waals surface area contributed by atoms with E-state index in [0.29, 0.717) is 6.54 Å². The average molecular weight is 299 g/mol. The molecule has 2 N–H and O–H groups in total. The molecule has 3 heteroatoms. The van der Waals surface area contributed by atoms with Gasteiger partial charge in [-0.15, -0.1) is 23.1 Å². The maximum Gasteiger partial charge on any atom is 0.0555 e. The number of nitrogens with two attached hydrogens (primary N) is 1. The summed E-state index contributed by atoms with van der Waals surface area (Å²) in [6, 6.07) is 9.01. The Morgan fingerprint density at radius 3 is 3.00 bits per heavy atom. The molecule has 0 saturated carbocycles. The second kappa shape index (κ2) is 6.49. The fourth-order valence-electron chi connectivity index (χ4n) is 2.50. The van der Waals surface area contributed by atoms with Gasteiger partial charge in [-0.05, 0) is 54.0 Å². The van der Waals surface area contributed by atoms with Crippen LogP contribution in [-0.2, 0) is 18.6 Å². The molecule has 102 valence electrons. The number of hydrogen-bond donors (Lipinski definition) is 1. The van der Waals surface area contributed by atoms with Gasteiger partial charge in [-0.25, -0.2) is 0 Å². The van der Waals surface area contributed by atoms with Crippen LogP contribution in [0, 0.1) is 11.8 Å². The quantitative estimate of drug-likeness (QED) is 0.688. The Kier molecular flexibility index (Phi) is 4.47. The first kappa shape index (κ1) is 13.8. The van der Waals surface area contributed by atoms with Crippen molar-refractivity contribution in [3.8, 4) is 11.8 Å².